The standard InChI is InChI=1S/C17H21ClN2O/c1-11-5-4-8-20(9-11)10-14-12(2)19-16-13(17(14)21)6-3-7-15(16)18/h3,6-7,11H,4-5,8-10H2,1-2H3,(H,19,21). The Labute approximate surface area is 129 Å². The van der Waals surface area contributed by atoms with Crippen molar-refractivity contribution in [3.8, 4) is 0 Å². The SMILES string of the molecule is Cc1[nH]c2c(Cl)cccc2c(=O)c1CN1CCCC(C)C1. The number of aromatic amines is 1. The lowest BCUT2D eigenvalue weighted by atomic mass is 9.99. The van der Waals surface area contributed by atoms with Gasteiger partial charge < -0.3 is 4.98 Å². The van der Waals surface area contributed by atoms with Crippen LogP contribution in [0.1, 0.15) is 31.0 Å². The first-order valence-corrected chi connectivity index (χ1v) is 7.96. The summed E-state index contributed by atoms with van der Waals surface area (Å²) in [4.78, 5) is 18.5. The van der Waals surface area contributed by atoms with Crippen molar-refractivity contribution in [2.45, 2.75) is 33.2 Å². The second-order valence-corrected chi connectivity index (χ2v) is 6.61. The Morgan fingerprint density at radius 3 is 3.00 bits per heavy atom. The third-order valence-corrected chi connectivity index (χ3v) is 4.74. The Morgan fingerprint density at radius 1 is 1.43 bits per heavy atom. The van der Waals surface area contributed by atoms with Crippen LogP contribution >= 0.6 is 11.6 Å². The second-order valence-electron chi connectivity index (χ2n) is 6.20. The van der Waals surface area contributed by atoms with Crippen molar-refractivity contribution in [3.63, 3.8) is 0 Å². The number of hydrogen-bond donors (Lipinski definition) is 1. The number of likely N-dealkylation sites (tertiary alicyclic amines) is 1. The van der Waals surface area contributed by atoms with Crippen molar-refractivity contribution < 1.29 is 0 Å². The van der Waals surface area contributed by atoms with Crippen LogP contribution in [0, 0.1) is 12.8 Å². The summed E-state index contributed by atoms with van der Waals surface area (Å²) < 4.78 is 0. The molecule has 0 spiro atoms. The molecule has 1 fully saturated rings. The van der Waals surface area contributed by atoms with Gasteiger partial charge in [0.25, 0.3) is 0 Å². The highest BCUT2D eigenvalue weighted by atomic mass is 35.5. The molecule has 1 aromatic heterocycles. The average molecular weight is 305 g/mol. The fourth-order valence-electron chi connectivity index (χ4n) is 3.28. The number of rotatable bonds is 2. The number of halogens is 1. The van der Waals surface area contributed by atoms with Gasteiger partial charge in [-0.15, -0.1) is 0 Å². The molecule has 1 aliphatic rings. The largest absolute Gasteiger partial charge is 0.357 e. The molecular weight excluding hydrogens is 284 g/mol. The minimum atomic E-state index is 0.113. The van der Waals surface area contributed by atoms with Crippen LogP contribution in [0.15, 0.2) is 23.0 Å². The summed E-state index contributed by atoms with van der Waals surface area (Å²) in [6.07, 6.45) is 2.51. The normalized spacial score (nSPS) is 20.0. The van der Waals surface area contributed by atoms with Crippen LogP contribution < -0.4 is 5.43 Å². The Morgan fingerprint density at radius 2 is 2.24 bits per heavy atom. The quantitative estimate of drug-likeness (QED) is 0.918. The number of fused-ring (bicyclic) bond motifs is 1. The summed E-state index contributed by atoms with van der Waals surface area (Å²) in [5, 5.41) is 1.29. The zero-order valence-electron chi connectivity index (χ0n) is 12.6. The number of H-pyrrole nitrogens is 1. The topological polar surface area (TPSA) is 36.1 Å². The van der Waals surface area contributed by atoms with Crippen molar-refractivity contribution in [2.24, 2.45) is 5.92 Å². The number of aryl methyl sites for hydroxylation is 1. The van der Waals surface area contributed by atoms with Crippen molar-refractivity contribution in [1.29, 1.82) is 0 Å². The first kappa shape index (κ1) is 14.6. The van der Waals surface area contributed by atoms with Gasteiger partial charge in [-0.3, -0.25) is 9.69 Å². The van der Waals surface area contributed by atoms with Gasteiger partial charge in [0, 0.05) is 29.7 Å². The molecular formula is C17H21ClN2O. The van der Waals surface area contributed by atoms with Gasteiger partial charge in [0.05, 0.1) is 10.5 Å². The number of para-hydroxylation sites is 1. The lowest BCUT2D eigenvalue weighted by Gasteiger charge is -2.31. The molecule has 2 heterocycles. The molecule has 2 aromatic rings. The lowest BCUT2D eigenvalue weighted by Crippen LogP contribution is -2.35. The van der Waals surface area contributed by atoms with E-state index in [0.29, 0.717) is 16.3 Å². The monoisotopic (exact) mass is 304 g/mol. The number of aromatic nitrogens is 1. The molecule has 1 aromatic carbocycles. The molecule has 0 bridgehead atoms. The molecule has 1 saturated heterocycles. The molecule has 1 unspecified atom stereocenters. The molecule has 0 aliphatic carbocycles. The fraction of sp³-hybridized carbons (Fsp3) is 0.471. The molecule has 3 nitrogen and oxygen atoms in total. The van der Waals surface area contributed by atoms with Gasteiger partial charge in [-0.1, -0.05) is 24.6 Å². The van der Waals surface area contributed by atoms with Gasteiger partial charge >= 0.3 is 0 Å². The van der Waals surface area contributed by atoms with E-state index in [9.17, 15) is 4.79 Å². The van der Waals surface area contributed by atoms with Gasteiger partial charge in [-0.25, -0.2) is 0 Å². The second kappa shape index (κ2) is 5.82. The Hall–Kier alpha value is -1.32. The van der Waals surface area contributed by atoms with Crippen LogP contribution in [-0.4, -0.2) is 23.0 Å². The van der Waals surface area contributed by atoms with Gasteiger partial charge in [0.15, 0.2) is 5.43 Å². The minimum absolute atomic E-state index is 0.113. The molecule has 3 rings (SSSR count). The van der Waals surface area contributed by atoms with E-state index < -0.39 is 0 Å². The molecule has 1 atom stereocenters. The van der Waals surface area contributed by atoms with Crippen LogP contribution in [0.3, 0.4) is 0 Å². The van der Waals surface area contributed by atoms with Gasteiger partial charge in [-0.2, -0.15) is 0 Å². The maximum absolute atomic E-state index is 12.8. The number of pyridine rings is 1. The molecule has 0 saturated carbocycles. The van der Waals surface area contributed by atoms with Crippen molar-refractivity contribution in [2.75, 3.05) is 13.1 Å². The maximum Gasteiger partial charge on any atom is 0.194 e. The highest BCUT2D eigenvalue weighted by Gasteiger charge is 2.19. The Balaban J connectivity index is 2.01. The summed E-state index contributed by atoms with van der Waals surface area (Å²) in [5.41, 5.74) is 2.66. The minimum Gasteiger partial charge on any atom is -0.357 e. The van der Waals surface area contributed by atoms with Crippen LogP contribution in [0.25, 0.3) is 10.9 Å². The number of hydrogen-bond acceptors (Lipinski definition) is 2. The lowest BCUT2D eigenvalue weighted by molar-refractivity contribution is 0.176. The molecule has 21 heavy (non-hydrogen) atoms. The fourth-order valence-corrected chi connectivity index (χ4v) is 3.50. The summed E-state index contributed by atoms with van der Waals surface area (Å²) in [6, 6.07) is 5.50. The van der Waals surface area contributed by atoms with Crippen molar-refractivity contribution >= 4 is 22.5 Å². The van der Waals surface area contributed by atoms with E-state index in [1.807, 2.05) is 25.1 Å². The molecule has 1 N–H and O–H groups in total. The molecule has 4 heteroatoms. The number of nitrogens with one attached hydrogen (secondary N) is 1. The van der Waals surface area contributed by atoms with Gasteiger partial charge in [0.1, 0.15) is 0 Å². The number of piperidine rings is 1. The number of benzene rings is 1. The van der Waals surface area contributed by atoms with Crippen LogP contribution in [-0.2, 0) is 6.54 Å². The third-order valence-electron chi connectivity index (χ3n) is 4.42. The van der Waals surface area contributed by atoms with E-state index in [4.69, 9.17) is 11.6 Å². The van der Waals surface area contributed by atoms with Gasteiger partial charge in [0.2, 0.25) is 0 Å². The predicted molar refractivity (Wildman–Crippen MR) is 88.0 cm³/mol. The van der Waals surface area contributed by atoms with Crippen LogP contribution in [0.4, 0.5) is 0 Å². The van der Waals surface area contributed by atoms with E-state index in [-0.39, 0.29) is 5.43 Å². The first-order valence-electron chi connectivity index (χ1n) is 7.58. The molecule has 112 valence electrons. The van der Waals surface area contributed by atoms with Gasteiger partial charge in [-0.05, 0) is 44.4 Å². The summed E-state index contributed by atoms with van der Waals surface area (Å²) in [5.74, 6) is 0.716. The summed E-state index contributed by atoms with van der Waals surface area (Å²) in [6.45, 7) is 7.13. The number of nitrogens with zero attached hydrogens (tertiary/aromatic N) is 1. The highest BCUT2D eigenvalue weighted by molar-refractivity contribution is 6.35. The van der Waals surface area contributed by atoms with E-state index >= 15 is 0 Å². The molecule has 0 radical (unpaired) electrons. The van der Waals surface area contributed by atoms with E-state index in [1.54, 1.807) is 0 Å². The van der Waals surface area contributed by atoms with E-state index in [0.717, 1.165) is 36.4 Å². The average Bonchev–Trinajstić information content (AvgIpc) is 2.45. The summed E-state index contributed by atoms with van der Waals surface area (Å²) >= 11 is 6.18. The first-order chi connectivity index (χ1) is 10.1. The zero-order valence-corrected chi connectivity index (χ0v) is 13.3. The maximum atomic E-state index is 12.8. The zero-order chi connectivity index (χ0) is 15.0. The Bertz CT molecular complexity index is 723. The predicted octanol–water partition coefficient (Wildman–Crippen LogP) is 3.72. The summed E-state index contributed by atoms with van der Waals surface area (Å²) in [7, 11) is 0. The van der Waals surface area contributed by atoms with Crippen LogP contribution in [0.5, 0.6) is 0 Å². The highest BCUT2D eigenvalue weighted by Crippen LogP contribution is 2.22. The third kappa shape index (κ3) is 2.85. The van der Waals surface area contributed by atoms with Crippen LogP contribution in [0.2, 0.25) is 5.02 Å². The van der Waals surface area contributed by atoms with Crippen molar-refractivity contribution in [3.05, 3.63) is 44.7 Å². The molecule has 1 aliphatic heterocycles. The molecule has 0 amide bonds. The van der Waals surface area contributed by atoms with E-state index in [2.05, 4.69) is 16.8 Å². The van der Waals surface area contributed by atoms with Crippen molar-refractivity contribution in [1.82, 2.24) is 9.88 Å². The van der Waals surface area contributed by atoms with E-state index in [1.165, 1.54) is 12.8 Å². The smallest absolute Gasteiger partial charge is 0.194 e. The Kier molecular flexibility index (Phi) is 4.05.